The Bertz CT molecular complexity index is 1240. The van der Waals surface area contributed by atoms with E-state index in [1.165, 1.54) is 0 Å². The average molecular weight is 463 g/mol. The van der Waals surface area contributed by atoms with Crippen molar-refractivity contribution in [2.45, 2.75) is 25.5 Å². The SMILES string of the molecule is CCN(C[C@@H]1COc2ccccc2O1)C(=O)CN1C(=O)N[C@@H](Cc2c[nH]c3ccccc23)C1=O. The zero-order valence-electron chi connectivity index (χ0n) is 18.8. The number of aromatic amines is 1. The van der Waals surface area contributed by atoms with E-state index >= 15 is 0 Å². The van der Waals surface area contributed by atoms with Crippen molar-refractivity contribution in [1.82, 2.24) is 20.1 Å². The number of nitrogens with one attached hydrogen (secondary N) is 2. The first-order chi connectivity index (χ1) is 16.5. The molecule has 176 valence electrons. The highest BCUT2D eigenvalue weighted by molar-refractivity contribution is 6.06. The van der Waals surface area contributed by atoms with Crippen molar-refractivity contribution in [1.29, 1.82) is 0 Å². The van der Waals surface area contributed by atoms with Crippen LogP contribution in [0.5, 0.6) is 11.5 Å². The van der Waals surface area contributed by atoms with Crippen molar-refractivity contribution >= 4 is 28.7 Å². The van der Waals surface area contributed by atoms with E-state index in [4.69, 9.17) is 9.47 Å². The van der Waals surface area contributed by atoms with Crippen LogP contribution in [-0.2, 0) is 16.0 Å². The quantitative estimate of drug-likeness (QED) is 0.525. The lowest BCUT2D eigenvalue weighted by molar-refractivity contribution is -0.138. The number of nitrogens with zero attached hydrogens (tertiary/aromatic N) is 2. The number of urea groups is 1. The summed E-state index contributed by atoms with van der Waals surface area (Å²) in [5.41, 5.74) is 1.91. The van der Waals surface area contributed by atoms with Gasteiger partial charge in [0.05, 0.1) is 6.54 Å². The van der Waals surface area contributed by atoms with Gasteiger partial charge in [0.25, 0.3) is 5.91 Å². The van der Waals surface area contributed by atoms with E-state index in [9.17, 15) is 14.4 Å². The van der Waals surface area contributed by atoms with E-state index in [1.54, 1.807) is 4.90 Å². The number of benzene rings is 2. The molecule has 3 aromatic rings. The second kappa shape index (κ2) is 9.09. The number of amides is 4. The van der Waals surface area contributed by atoms with Gasteiger partial charge in [0.2, 0.25) is 5.91 Å². The van der Waals surface area contributed by atoms with Crippen molar-refractivity contribution in [3.63, 3.8) is 0 Å². The van der Waals surface area contributed by atoms with Crippen LogP contribution in [0.15, 0.2) is 54.7 Å². The molecule has 4 amide bonds. The molecule has 2 N–H and O–H groups in total. The molecule has 34 heavy (non-hydrogen) atoms. The minimum absolute atomic E-state index is 0.298. The van der Waals surface area contributed by atoms with Crippen molar-refractivity contribution in [2.24, 2.45) is 0 Å². The third-order valence-electron chi connectivity index (χ3n) is 6.23. The Morgan fingerprint density at radius 3 is 2.71 bits per heavy atom. The second-order valence-electron chi connectivity index (χ2n) is 8.42. The number of fused-ring (bicyclic) bond motifs is 2. The Morgan fingerprint density at radius 2 is 1.88 bits per heavy atom. The Morgan fingerprint density at radius 1 is 1.12 bits per heavy atom. The highest BCUT2D eigenvalue weighted by Gasteiger charge is 2.40. The molecule has 2 atom stereocenters. The smallest absolute Gasteiger partial charge is 0.325 e. The van der Waals surface area contributed by atoms with Crippen LogP contribution in [0, 0.1) is 0 Å². The van der Waals surface area contributed by atoms with Crippen molar-refractivity contribution in [2.75, 3.05) is 26.2 Å². The lowest BCUT2D eigenvalue weighted by Gasteiger charge is -2.31. The number of imide groups is 1. The normalized spacial score (nSPS) is 19.4. The maximum atomic E-state index is 13.0. The summed E-state index contributed by atoms with van der Waals surface area (Å²) in [6, 6.07) is 13.9. The maximum absolute atomic E-state index is 13.0. The molecule has 9 nitrogen and oxygen atoms in total. The molecule has 9 heteroatoms. The van der Waals surface area contributed by atoms with E-state index < -0.39 is 18.0 Å². The van der Waals surface area contributed by atoms with Gasteiger partial charge in [-0.1, -0.05) is 30.3 Å². The van der Waals surface area contributed by atoms with Crippen LogP contribution in [0.3, 0.4) is 0 Å². The van der Waals surface area contributed by atoms with E-state index in [0.29, 0.717) is 37.6 Å². The predicted molar refractivity (Wildman–Crippen MR) is 125 cm³/mol. The summed E-state index contributed by atoms with van der Waals surface area (Å²) < 4.78 is 11.7. The third-order valence-corrected chi connectivity index (χ3v) is 6.23. The molecule has 0 radical (unpaired) electrons. The number of para-hydroxylation sites is 3. The van der Waals surface area contributed by atoms with Gasteiger partial charge in [-0.25, -0.2) is 4.79 Å². The number of carbonyl (C=O) groups is 3. The van der Waals surface area contributed by atoms with Gasteiger partial charge in [0.1, 0.15) is 19.2 Å². The third kappa shape index (κ3) is 4.16. The second-order valence-corrected chi connectivity index (χ2v) is 8.42. The molecular weight excluding hydrogens is 436 g/mol. The van der Waals surface area contributed by atoms with Crippen molar-refractivity contribution in [3.05, 3.63) is 60.3 Å². The zero-order chi connectivity index (χ0) is 23.7. The van der Waals surface area contributed by atoms with Gasteiger partial charge >= 0.3 is 6.03 Å². The molecular formula is C25H26N4O5. The first kappa shape index (κ1) is 21.8. The van der Waals surface area contributed by atoms with Gasteiger partial charge in [-0.2, -0.15) is 0 Å². The molecule has 3 heterocycles. The first-order valence-electron chi connectivity index (χ1n) is 11.4. The summed E-state index contributed by atoms with van der Waals surface area (Å²) in [7, 11) is 0. The standard InChI is InChI=1S/C25H26N4O5/c1-2-28(13-17-15-33-21-9-5-6-10-22(21)34-17)23(30)14-29-24(31)20(27-25(29)32)11-16-12-26-19-8-4-3-7-18(16)19/h3-10,12,17,20,26H,2,11,13-15H2,1H3,(H,27,32)/t17-,20+/m1/s1. The van der Waals surface area contributed by atoms with Crippen LogP contribution >= 0.6 is 0 Å². The topological polar surface area (TPSA) is 104 Å². The van der Waals surface area contributed by atoms with Gasteiger partial charge in [-0.05, 0) is 30.7 Å². The highest BCUT2D eigenvalue weighted by Crippen LogP contribution is 2.31. The number of aromatic nitrogens is 1. The molecule has 1 aromatic heterocycles. The number of H-pyrrole nitrogens is 1. The fourth-order valence-corrected chi connectivity index (χ4v) is 4.43. The fourth-order valence-electron chi connectivity index (χ4n) is 4.43. The molecule has 5 rings (SSSR count). The monoisotopic (exact) mass is 462 g/mol. The lowest BCUT2D eigenvalue weighted by atomic mass is 10.1. The summed E-state index contributed by atoms with van der Waals surface area (Å²) >= 11 is 0. The van der Waals surface area contributed by atoms with Crippen molar-refractivity contribution < 1.29 is 23.9 Å². The largest absolute Gasteiger partial charge is 0.486 e. The molecule has 2 aliphatic heterocycles. The number of carbonyl (C=O) groups excluding carboxylic acids is 3. The predicted octanol–water partition coefficient (Wildman–Crippen LogP) is 2.32. The van der Waals surface area contributed by atoms with Crippen molar-refractivity contribution in [3.8, 4) is 11.5 Å². The van der Waals surface area contributed by atoms with E-state index in [0.717, 1.165) is 21.4 Å². The van der Waals surface area contributed by atoms with Crippen LogP contribution in [0.25, 0.3) is 10.9 Å². The lowest BCUT2D eigenvalue weighted by Crippen LogP contribution is -2.48. The molecule has 0 bridgehead atoms. The number of ether oxygens (including phenoxy) is 2. The average Bonchev–Trinajstić information content (AvgIpc) is 3.38. The molecule has 0 aliphatic carbocycles. The zero-order valence-corrected chi connectivity index (χ0v) is 18.8. The molecule has 2 aliphatic rings. The highest BCUT2D eigenvalue weighted by atomic mass is 16.6. The van der Waals surface area contributed by atoms with Crippen LogP contribution < -0.4 is 14.8 Å². The number of hydrogen-bond acceptors (Lipinski definition) is 5. The summed E-state index contributed by atoms with van der Waals surface area (Å²) in [6.45, 7) is 2.57. The molecule has 1 saturated heterocycles. The Labute approximate surface area is 196 Å². The van der Waals surface area contributed by atoms with Crippen LogP contribution in [-0.4, -0.2) is 71.0 Å². The Balaban J connectivity index is 1.21. The van der Waals surface area contributed by atoms with E-state index in [-0.39, 0.29) is 18.6 Å². The maximum Gasteiger partial charge on any atom is 0.325 e. The van der Waals surface area contributed by atoms with Gasteiger partial charge in [0, 0.05) is 30.1 Å². The van der Waals surface area contributed by atoms with Crippen LogP contribution in [0.4, 0.5) is 4.79 Å². The number of rotatable bonds is 7. The van der Waals surface area contributed by atoms with Gasteiger partial charge in [-0.15, -0.1) is 0 Å². The molecule has 0 unspecified atom stereocenters. The van der Waals surface area contributed by atoms with E-state index in [1.807, 2.05) is 61.7 Å². The summed E-state index contributed by atoms with van der Waals surface area (Å²) in [5.74, 6) is 0.595. The van der Waals surface area contributed by atoms with Gasteiger partial charge < -0.3 is 24.7 Å². The summed E-state index contributed by atoms with van der Waals surface area (Å²) in [6.07, 6.45) is 1.86. The molecule has 2 aromatic carbocycles. The number of hydrogen-bond donors (Lipinski definition) is 2. The van der Waals surface area contributed by atoms with Gasteiger partial charge in [0.15, 0.2) is 17.6 Å². The van der Waals surface area contributed by atoms with Gasteiger partial charge in [-0.3, -0.25) is 14.5 Å². The summed E-state index contributed by atoms with van der Waals surface area (Å²) in [4.78, 5) is 44.2. The van der Waals surface area contributed by atoms with Crippen LogP contribution in [0.2, 0.25) is 0 Å². The summed E-state index contributed by atoms with van der Waals surface area (Å²) in [5, 5.41) is 3.73. The Hall–Kier alpha value is -4.01. The first-order valence-corrected chi connectivity index (χ1v) is 11.4. The molecule has 0 saturated carbocycles. The molecule has 1 fully saturated rings. The van der Waals surface area contributed by atoms with Crippen LogP contribution in [0.1, 0.15) is 12.5 Å². The van der Waals surface area contributed by atoms with E-state index in [2.05, 4.69) is 10.3 Å². The minimum atomic E-state index is -0.707. The molecule has 0 spiro atoms. The minimum Gasteiger partial charge on any atom is -0.486 e. The fraction of sp³-hybridized carbons (Fsp3) is 0.320. The Kier molecular flexibility index (Phi) is 5.83. The number of likely N-dealkylation sites (N-methyl/N-ethyl adjacent to an activating group) is 1.